The molecule has 30 heavy (non-hydrogen) atoms. The largest absolute Gasteiger partial charge is 0.355 e. The van der Waals surface area contributed by atoms with Gasteiger partial charge in [0.25, 0.3) is 0 Å². The maximum atomic E-state index is 12.6. The van der Waals surface area contributed by atoms with Crippen molar-refractivity contribution >= 4 is 11.7 Å². The first kappa shape index (κ1) is 20.8. The number of nitrogens with zero attached hydrogens (tertiary/aromatic N) is 6. The van der Waals surface area contributed by atoms with Gasteiger partial charge >= 0.3 is 0 Å². The minimum absolute atomic E-state index is 0.263. The zero-order valence-corrected chi connectivity index (χ0v) is 18.6. The molecule has 4 heterocycles. The van der Waals surface area contributed by atoms with Crippen LogP contribution in [0.1, 0.15) is 62.4 Å². The number of amides is 1. The quantitative estimate of drug-likeness (QED) is 0.755. The summed E-state index contributed by atoms with van der Waals surface area (Å²) in [7, 11) is 0. The predicted molar refractivity (Wildman–Crippen MR) is 118 cm³/mol. The predicted octanol–water partition coefficient (Wildman–Crippen LogP) is 3.46. The third-order valence-electron chi connectivity index (χ3n) is 6.70. The van der Waals surface area contributed by atoms with Gasteiger partial charge in [0, 0.05) is 38.3 Å². The van der Waals surface area contributed by atoms with Crippen LogP contribution in [0.3, 0.4) is 0 Å². The van der Waals surface area contributed by atoms with Crippen LogP contribution in [-0.2, 0) is 11.2 Å². The molecule has 2 aliphatic heterocycles. The number of anilines is 1. The smallest absolute Gasteiger partial charge is 0.222 e. The molecule has 2 aromatic heterocycles. The Morgan fingerprint density at radius 1 is 1.00 bits per heavy atom. The molecule has 0 atom stereocenters. The van der Waals surface area contributed by atoms with Gasteiger partial charge in [0.15, 0.2) is 11.6 Å². The molecule has 0 bridgehead atoms. The van der Waals surface area contributed by atoms with Gasteiger partial charge in [-0.25, -0.2) is 4.68 Å². The molecule has 0 aliphatic carbocycles. The fraction of sp³-hybridized carbons (Fsp3) is 0.652. The summed E-state index contributed by atoms with van der Waals surface area (Å²) in [5, 5.41) is 13.6. The Morgan fingerprint density at radius 2 is 1.67 bits per heavy atom. The van der Waals surface area contributed by atoms with Crippen LogP contribution in [0.25, 0.3) is 5.82 Å². The zero-order chi connectivity index (χ0) is 21.1. The maximum absolute atomic E-state index is 12.6. The molecule has 0 saturated carbocycles. The lowest BCUT2D eigenvalue weighted by Crippen LogP contribution is -2.38. The van der Waals surface area contributed by atoms with Crippen molar-refractivity contribution in [3.8, 4) is 5.82 Å². The molecule has 7 nitrogen and oxygen atoms in total. The van der Waals surface area contributed by atoms with Crippen molar-refractivity contribution < 1.29 is 4.79 Å². The number of hydrogen-bond donors (Lipinski definition) is 0. The molecule has 7 heteroatoms. The highest BCUT2D eigenvalue weighted by Crippen LogP contribution is 2.22. The van der Waals surface area contributed by atoms with Gasteiger partial charge in [-0.05, 0) is 76.0 Å². The molecule has 0 radical (unpaired) electrons. The van der Waals surface area contributed by atoms with E-state index in [0.717, 1.165) is 79.9 Å². The molecule has 2 saturated heterocycles. The molecule has 2 aliphatic rings. The Morgan fingerprint density at radius 3 is 2.33 bits per heavy atom. The van der Waals surface area contributed by atoms with Crippen molar-refractivity contribution in [3.63, 3.8) is 0 Å². The minimum Gasteiger partial charge on any atom is -0.355 e. The van der Waals surface area contributed by atoms with Crippen LogP contribution < -0.4 is 4.90 Å². The first-order valence-corrected chi connectivity index (χ1v) is 11.4. The lowest BCUT2D eigenvalue weighted by Gasteiger charge is -2.30. The van der Waals surface area contributed by atoms with Crippen LogP contribution in [0.5, 0.6) is 0 Å². The van der Waals surface area contributed by atoms with Gasteiger partial charge in [0.05, 0.1) is 5.69 Å². The number of likely N-dealkylation sites (tertiary alicyclic amines) is 1. The molecular weight excluding hydrogens is 376 g/mol. The monoisotopic (exact) mass is 410 g/mol. The van der Waals surface area contributed by atoms with Gasteiger partial charge in [0.2, 0.25) is 5.91 Å². The van der Waals surface area contributed by atoms with Crippen molar-refractivity contribution in [1.29, 1.82) is 0 Å². The van der Waals surface area contributed by atoms with Crippen molar-refractivity contribution in [2.24, 2.45) is 5.92 Å². The summed E-state index contributed by atoms with van der Waals surface area (Å²) in [5.74, 6) is 2.68. The second-order valence-corrected chi connectivity index (χ2v) is 8.92. The van der Waals surface area contributed by atoms with Crippen molar-refractivity contribution in [1.82, 2.24) is 24.9 Å². The topological polar surface area (TPSA) is 67.2 Å². The van der Waals surface area contributed by atoms with Gasteiger partial charge in [-0.3, -0.25) is 4.79 Å². The third kappa shape index (κ3) is 4.50. The highest BCUT2D eigenvalue weighted by Gasteiger charge is 2.22. The zero-order valence-electron chi connectivity index (χ0n) is 18.6. The minimum atomic E-state index is 0.263. The molecular formula is C23H34N6O. The molecule has 0 N–H and O–H groups in total. The summed E-state index contributed by atoms with van der Waals surface area (Å²) < 4.78 is 1.87. The van der Waals surface area contributed by atoms with Gasteiger partial charge in [-0.15, -0.1) is 10.2 Å². The standard InChI is InChI=1S/C23H34N6O/c1-17-11-15-28(16-12-17)23(30)10-7-20-18(2)26-29(19(20)3)22-9-8-21(24-25-22)27-13-5-4-6-14-27/h8-9,17H,4-7,10-16H2,1-3H3. The highest BCUT2D eigenvalue weighted by molar-refractivity contribution is 5.76. The van der Waals surface area contributed by atoms with Crippen LogP contribution >= 0.6 is 0 Å². The molecule has 0 spiro atoms. The van der Waals surface area contributed by atoms with Crippen molar-refractivity contribution in [3.05, 3.63) is 29.1 Å². The van der Waals surface area contributed by atoms with Gasteiger partial charge in [0.1, 0.15) is 0 Å². The van der Waals surface area contributed by atoms with E-state index in [1.807, 2.05) is 28.6 Å². The van der Waals surface area contributed by atoms with Crippen LogP contribution in [0.2, 0.25) is 0 Å². The summed E-state index contributed by atoms with van der Waals surface area (Å²) in [5.41, 5.74) is 3.16. The van der Waals surface area contributed by atoms with Gasteiger partial charge in [-0.2, -0.15) is 5.10 Å². The summed E-state index contributed by atoms with van der Waals surface area (Å²) >= 11 is 0. The van der Waals surface area contributed by atoms with Gasteiger partial charge < -0.3 is 9.80 Å². The SMILES string of the molecule is Cc1nn(-c2ccc(N3CCCCC3)nn2)c(C)c1CCC(=O)N1CCC(C)CC1. The lowest BCUT2D eigenvalue weighted by atomic mass is 9.98. The molecule has 0 unspecified atom stereocenters. The summed E-state index contributed by atoms with van der Waals surface area (Å²) in [6, 6.07) is 4.05. The van der Waals surface area contributed by atoms with Crippen LogP contribution in [0.15, 0.2) is 12.1 Å². The second-order valence-electron chi connectivity index (χ2n) is 8.92. The second kappa shape index (κ2) is 9.14. The third-order valence-corrected chi connectivity index (χ3v) is 6.70. The first-order chi connectivity index (χ1) is 14.5. The summed E-state index contributed by atoms with van der Waals surface area (Å²) in [4.78, 5) is 17.0. The Bertz CT molecular complexity index is 861. The Balaban J connectivity index is 1.42. The summed E-state index contributed by atoms with van der Waals surface area (Å²) in [6.07, 6.45) is 7.25. The van der Waals surface area contributed by atoms with E-state index in [0.29, 0.717) is 6.42 Å². The average Bonchev–Trinajstić information content (AvgIpc) is 3.06. The molecule has 0 aromatic carbocycles. The van der Waals surface area contributed by atoms with E-state index in [9.17, 15) is 4.79 Å². The molecule has 2 fully saturated rings. The summed E-state index contributed by atoms with van der Waals surface area (Å²) in [6.45, 7) is 10.3. The van der Waals surface area contributed by atoms with E-state index in [-0.39, 0.29) is 5.91 Å². The molecule has 1 amide bonds. The molecule has 2 aromatic rings. The normalized spacial score (nSPS) is 18.1. The van der Waals surface area contributed by atoms with E-state index in [1.54, 1.807) is 0 Å². The van der Waals surface area contributed by atoms with E-state index in [2.05, 4.69) is 28.9 Å². The first-order valence-electron chi connectivity index (χ1n) is 11.4. The van der Waals surface area contributed by atoms with E-state index in [1.165, 1.54) is 19.3 Å². The fourth-order valence-corrected chi connectivity index (χ4v) is 4.63. The number of aryl methyl sites for hydroxylation is 1. The Labute approximate surface area is 179 Å². The fourth-order valence-electron chi connectivity index (χ4n) is 4.63. The molecule has 4 rings (SSSR count). The number of carbonyl (C=O) groups is 1. The van der Waals surface area contributed by atoms with Crippen LogP contribution in [0.4, 0.5) is 5.82 Å². The van der Waals surface area contributed by atoms with E-state index >= 15 is 0 Å². The van der Waals surface area contributed by atoms with Crippen molar-refractivity contribution in [2.45, 2.75) is 65.7 Å². The van der Waals surface area contributed by atoms with Crippen LogP contribution in [-0.4, -0.2) is 57.0 Å². The number of rotatable bonds is 5. The van der Waals surface area contributed by atoms with Crippen LogP contribution in [0, 0.1) is 19.8 Å². The average molecular weight is 411 g/mol. The maximum Gasteiger partial charge on any atom is 0.222 e. The van der Waals surface area contributed by atoms with Gasteiger partial charge in [-0.1, -0.05) is 6.92 Å². The lowest BCUT2D eigenvalue weighted by molar-refractivity contribution is -0.132. The number of carbonyl (C=O) groups excluding carboxylic acids is 1. The number of aromatic nitrogens is 4. The molecule has 162 valence electrons. The Hall–Kier alpha value is -2.44. The highest BCUT2D eigenvalue weighted by atomic mass is 16.2. The number of hydrogen-bond acceptors (Lipinski definition) is 5. The van der Waals surface area contributed by atoms with E-state index in [4.69, 9.17) is 5.10 Å². The van der Waals surface area contributed by atoms with Crippen molar-refractivity contribution in [2.75, 3.05) is 31.1 Å². The number of piperidine rings is 2. The Kier molecular flexibility index (Phi) is 6.35. The van der Waals surface area contributed by atoms with E-state index < -0.39 is 0 Å².